The summed E-state index contributed by atoms with van der Waals surface area (Å²) in [4.78, 5) is 25.0. The van der Waals surface area contributed by atoms with Crippen molar-refractivity contribution in [3.8, 4) is 5.88 Å². The highest BCUT2D eigenvalue weighted by Gasteiger charge is 2.70. The number of carbonyl (C=O) groups excluding carboxylic acids is 1. The van der Waals surface area contributed by atoms with Crippen LogP contribution in [-0.4, -0.2) is 53.3 Å². The lowest BCUT2D eigenvalue weighted by atomic mass is 9.85. The average molecular weight is 447 g/mol. The van der Waals surface area contributed by atoms with Crippen molar-refractivity contribution in [1.82, 2.24) is 14.3 Å². The molecule has 2 aliphatic rings. The van der Waals surface area contributed by atoms with Gasteiger partial charge in [-0.1, -0.05) is 6.07 Å². The van der Waals surface area contributed by atoms with Crippen LogP contribution in [0.15, 0.2) is 35.6 Å². The second-order valence-electron chi connectivity index (χ2n) is 7.87. The molecule has 1 atom stereocenters. The number of ether oxygens (including phenoxy) is 1. The molecule has 1 fully saturated rings. The van der Waals surface area contributed by atoms with Crippen molar-refractivity contribution in [1.29, 1.82) is 0 Å². The Kier molecular flexibility index (Phi) is 4.76. The van der Waals surface area contributed by atoms with Crippen LogP contribution in [0.25, 0.3) is 0 Å². The molecule has 164 valence electrons. The summed E-state index contributed by atoms with van der Waals surface area (Å²) in [7, 11) is -1.04. The number of ketones is 1. The summed E-state index contributed by atoms with van der Waals surface area (Å²) in [5.41, 5.74) is 5.20. The van der Waals surface area contributed by atoms with E-state index < -0.39 is 26.1 Å². The van der Waals surface area contributed by atoms with E-state index in [1.165, 1.54) is 44.8 Å². The van der Waals surface area contributed by atoms with E-state index in [1.54, 1.807) is 6.92 Å². The molecule has 4 rings (SSSR count). The van der Waals surface area contributed by atoms with Crippen LogP contribution in [0.2, 0.25) is 0 Å². The van der Waals surface area contributed by atoms with Crippen molar-refractivity contribution in [2.24, 2.45) is 10.7 Å². The number of guanidine groups is 1. The first kappa shape index (κ1) is 21.2. The van der Waals surface area contributed by atoms with Crippen LogP contribution in [0.5, 0.6) is 5.88 Å². The highest BCUT2D eigenvalue weighted by molar-refractivity contribution is 7.91. The van der Waals surface area contributed by atoms with Crippen molar-refractivity contribution in [2.75, 3.05) is 14.2 Å². The molecule has 0 unspecified atom stereocenters. The van der Waals surface area contributed by atoms with Gasteiger partial charge in [0.05, 0.1) is 19.5 Å². The second kappa shape index (κ2) is 6.98. The van der Waals surface area contributed by atoms with E-state index in [9.17, 15) is 17.6 Å². The van der Waals surface area contributed by atoms with Gasteiger partial charge in [-0.2, -0.15) is 0 Å². The number of halogens is 1. The third-order valence-corrected chi connectivity index (χ3v) is 8.85. The van der Waals surface area contributed by atoms with Crippen LogP contribution < -0.4 is 10.5 Å². The van der Waals surface area contributed by atoms with Gasteiger partial charge >= 0.3 is 0 Å². The van der Waals surface area contributed by atoms with Crippen LogP contribution in [0.1, 0.15) is 41.4 Å². The minimum absolute atomic E-state index is 0.0663. The molecule has 1 aliphatic carbocycles. The van der Waals surface area contributed by atoms with Crippen molar-refractivity contribution in [2.45, 2.75) is 36.5 Å². The minimum atomic E-state index is -3.82. The van der Waals surface area contributed by atoms with Crippen LogP contribution in [0.3, 0.4) is 0 Å². The van der Waals surface area contributed by atoms with E-state index in [0.717, 1.165) is 4.31 Å². The number of nitrogens with zero attached hydrogens (tertiary/aromatic N) is 4. The lowest BCUT2D eigenvalue weighted by molar-refractivity contribution is 0.0987. The molecule has 1 spiro atoms. The number of nitrogens with two attached hydrogens (primary N) is 1. The van der Waals surface area contributed by atoms with Gasteiger partial charge in [0.25, 0.3) is 0 Å². The number of rotatable bonds is 5. The number of sulfonamides is 1. The highest BCUT2D eigenvalue weighted by Crippen LogP contribution is 2.60. The molecule has 11 heteroatoms. The van der Waals surface area contributed by atoms with Gasteiger partial charge in [0.15, 0.2) is 5.78 Å². The topological polar surface area (TPSA) is 128 Å². The van der Waals surface area contributed by atoms with Crippen LogP contribution in [-0.2, 0) is 22.0 Å². The largest absolute Gasteiger partial charge is 0.480 e. The molecule has 1 saturated carbocycles. The van der Waals surface area contributed by atoms with Gasteiger partial charge in [-0.05, 0) is 37.5 Å². The second-order valence-corrected chi connectivity index (χ2v) is 10.1. The van der Waals surface area contributed by atoms with Gasteiger partial charge in [-0.25, -0.2) is 32.1 Å². The van der Waals surface area contributed by atoms with Gasteiger partial charge in [0.1, 0.15) is 21.8 Å². The van der Waals surface area contributed by atoms with E-state index in [0.29, 0.717) is 18.4 Å². The molecular weight excluding hydrogens is 425 g/mol. The molecule has 2 N–H and O–H groups in total. The summed E-state index contributed by atoms with van der Waals surface area (Å²) in [5.74, 6) is -0.847. The van der Waals surface area contributed by atoms with E-state index in [1.807, 2.05) is 0 Å². The summed E-state index contributed by atoms with van der Waals surface area (Å²) in [6.07, 6.45) is 3.26. The molecule has 9 nitrogen and oxygen atoms in total. The Morgan fingerprint density at radius 1 is 1.29 bits per heavy atom. The Labute approximate surface area is 179 Å². The Hall–Kier alpha value is -3.08. The Morgan fingerprint density at radius 2 is 2.00 bits per heavy atom. The molecule has 1 aliphatic heterocycles. The van der Waals surface area contributed by atoms with Gasteiger partial charge < -0.3 is 10.5 Å². The van der Waals surface area contributed by atoms with Crippen LogP contribution in [0.4, 0.5) is 4.39 Å². The van der Waals surface area contributed by atoms with Crippen LogP contribution in [0, 0.1) is 5.82 Å². The van der Waals surface area contributed by atoms with Gasteiger partial charge in [-0.15, -0.1) is 0 Å². The number of aromatic nitrogens is 2. The Balaban J connectivity index is 1.72. The number of aliphatic imine (C=N–C) groups is 1. The van der Waals surface area contributed by atoms with Gasteiger partial charge in [0.2, 0.25) is 21.9 Å². The van der Waals surface area contributed by atoms with Gasteiger partial charge in [-0.3, -0.25) is 4.79 Å². The van der Waals surface area contributed by atoms with Gasteiger partial charge in [0, 0.05) is 19.0 Å². The quantitative estimate of drug-likeness (QED) is 0.686. The van der Waals surface area contributed by atoms with E-state index in [4.69, 9.17) is 10.5 Å². The predicted octanol–water partition coefficient (Wildman–Crippen LogP) is 1.39. The van der Waals surface area contributed by atoms with E-state index >= 15 is 0 Å². The van der Waals surface area contributed by atoms with Crippen molar-refractivity contribution < 1.29 is 22.3 Å². The first-order valence-corrected chi connectivity index (χ1v) is 11.0. The standard InChI is InChI=1S/C20H22FN5O4S/c1-19(20(6-7-20)31(28,29)26(2)18(22)25-19)13-8-12(4-5-14(13)21)9-16(27)15-10-24-17(30-3)11-23-15/h4-5,8,10-11H,6-7,9H2,1-3H3,(H2,22,25)/t19-/m1/s1. The summed E-state index contributed by atoms with van der Waals surface area (Å²) in [6, 6.07) is 4.19. The normalized spacial score (nSPS) is 23.4. The third-order valence-electron chi connectivity index (χ3n) is 6.15. The zero-order chi connectivity index (χ0) is 22.6. The van der Waals surface area contributed by atoms with E-state index in [-0.39, 0.29) is 35.3 Å². The molecule has 0 radical (unpaired) electrons. The number of hydrogen-bond acceptors (Lipinski definition) is 8. The maximum Gasteiger partial charge on any atom is 0.245 e. The fourth-order valence-corrected chi connectivity index (χ4v) is 6.19. The minimum Gasteiger partial charge on any atom is -0.480 e. The first-order valence-electron chi connectivity index (χ1n) is 9.58. The summed E-state index contributed by atoms with van der Waals surface area (Å²) >= 11 is 0. The Morgan fingerprint density at radius 3 is 2.58 bits per heavy atom. The predicted molar refractivity (Wildman–Crippen MR) is 111 cm³/mol. The fraction of sp³-hybridized carbons (Fsp3) is 0.400. The number of methoxy groups -OCH3 is 1. The zero-order valence-electron chi connectivity index (χ0n) is 17.3. The number of Topliss-reactive ketones (excluding diaryl/α,β-unsaturated/α-hetero) is 1. The molecule has 2 aromatic rings. The zero-order valence-corrected chi connectivity index (χ0v) is 18.1. The molecule has 0 bridgehead atoms. The van der Waals surface area contributed by atoms with Crippen molar-refractivity contribution >= 4 is 21.8 Å². The highest BCUT2D eigenvalue weighted by atomic mass is 32.2. The fourth-order valence-electron chi connectivity index (χ4n) is 4.10. The number of benzene rings is 1. The molecule has 0 saturated heterocycles. The molecule has 2 heterocycles. The number of hydrogen-bond donors (Lipinski definition) is 1. The Bertz CT molecular complexity index is 1190. The summed E-state index contributed by atoms with van der Waals surface area (Å²) < 4.78 is 45.7. The maximum atomic E-state index is 15.0. The maximum absolute atomic E-state index is 15.0. The lowest BCUT2D eigenvalue weighted by Crippen LogP contribution is -2.58. The molecule has 1 aromatic carbocycles. The van der Waals surface area contributed by atoms with E-state index in [2.05, 4.69) is 15.0 Å². The monoisotopic (exact) mass is 447 g/mol. The molecular formula is C20H22FN5O4S. The summed E-state index contributed by atoms with van der Waals surface area (Å²) in [5, 5.41) is 0. The molecule has 1 aromatic heterocycles. The first-order chi connectivity index (χ1) is 14.6. The SMILES string of the molecule is COc1cnc(C(=O)Cc2ccc(F)c([C@@]3(C)N=C(N)N(C)S(=O)(=O)C34CC4)c2)cn1. The van der Waals surface area contributed by atoms with Crippen molar-refractivity contribution in [3.63, 3.8) is 0 Å². The number of carbonyl (C=O) groups is 1. The molecule has 31 heavy (non-hydrogen) atoms. The smallest absolute Gasteiger partial charge is 0.245 e. The third kappa shape index (κ3) is 3.06. The average Bonchev–Trinajstić information content (AvgIpc) is 3.56. The summed E-state index contributed by atoms with van der Waals surface area (Å²) in [6.45, 7) is 1.58. The van der Waals surface area contributed by atoms with Crippen LogP contribution >= 0.6 is 0 Å². The van der Waals surface area contributed by atoms with Crippen molar-refractivity contribution in [3.05, 3.63) is 53.2 Å². The molecule has 0 amide bonds. The lowest BCUT2D eigenvalue weighted by Gasteiger charge is -2.42.